The van der Waals surface area contributed by atoms with Gasteiger partial charge in [-0.15, -0.1) is 0 Å². The first-order valence-electron chi connectivity index (χ1n) is 10.9. The molecule has 0 N–H and O–H groups in total. The fourth-order valence-corrected chi connectivity index (χ4v) is 3.72. The Kier molecular flexibility index (Phi) is 6.29. The molecule has 1 atom stereocenters. The van der Waals surface area contributed by atoms with Gasteiger partial charge in [-0.25, -0.2) is 14.6 Å². The van der Waals surface area contributed by atoms with Crippen molar-refractivity contribution >= 4 is 18.0 Å². The van der Waals surface area contributed by atoms with Crippen molar-refractivity contribution in [3.63, 3.8) is 0 Å². The number of amides is 2. The second-order valence-electron chi connectivity index (χ2n) is 10.2. The lowest BCUT2D eigenvalue weighted by Gasteiger charge is -2.38. The predicted molar refractivity (Wildman–Crippen MR) is 116 cm³/mol. The highest BCUT2D eigenvalue weighted by Crippen LogP contribution is 2.40. The molecular formula is C23H35N3O4. The third kappa shape index (κ3) is 5.64. The summed E-state index contributed by atoms with van der Waals surface area (Å²) in [6.45, 7) is 11.8. The van der Waals surface area contributed by atoms with Gasteiger partial charge in [0.2, 0.25) is 0 Å². The first kappa shape index (κ1) is 22.4. The van der Waals surface area contributed by atoms with Crippen LogP contribution in [0.4, 0.5) is 15.4 Å². The normalized spacial score (nSPS) is 19.9. The summed E-state index contributed by atoms with van der Waals surface area (Å²) < 4.78 is 11.3. The summed E-state index contributed by atoms with van der Waals surface area (Å²) in [7, 11) is 0. The van der Waals surface area contributed by atoms with Crippen LogP contribution in [0.1, 0.15) is 85.3 Å². The van der Waals surface area contributed by atoms with Gasteiger partial charge < -0.3 is 14.4 Å². The number of carbonyl (C=O) groups excluding carboxylic acids is 2. The second-order valence-corrected chi connectivity index (χ2v) is 10.2. The van der Waals surface area contributed by atoms with Crippen molar-refractivity contribution in [3.05, 3.63) is 23.9 Å². The van der Waals surface area contributed by atoms with Crippen LogP contribution in [0.25, 0.3) is 0 Å². The number of hydrogen-bond donors (Lipinski definition) is 0. The quantitative estimate of drug-likeness (QED) is 0.654. The summed E-state index contributed by atoms with van der Waals surface area (Å²) in [5, 5.41) is 0. The average molecular weight is 418 g/mol. The number of aromatic nitrogens is 1. The number of likely N-dealkylation sites (tertiary alicyclic amines) is 1. The topological polar surface area (TPSA) is 72.0 Å². The molecule has 166 valence electrons. The fourth-order valence-electron chi connectivity index (χ4n) is 3.72. The van der Waals surface area contributed by atoms with E-state index in [1.807, 2.05) is 53.7 Å². The summed E-state index contributed by atoms with van der Waals surface area (Å²) in [5.41, 5.74) is -0.277. The Morgan fingerprint density at radius 2 is 1.70 bits per heavy atom. The molecule has 0 aromatic carbocycles. The van der Waals surface area contributed by atoms with Crippen molar-refractivity contribution in [2.75, 3.05) is 11.4 Å². The van der Waals surface area contributed by atoms with Gasteiger partial charge >= 0.3 is 12.2 Å². The van der Waals surface area contributed by atoms with Crippen molar-refractivity contribution in [1.29, 1.82) is 0 Å². The first-order valence-corrected chi connectivity index (χ1v) is 10.9. The summed E-state index contributed by atoms with van der Waals surface area (Å²) in [6.07, 6.45) is 5.59. The van der Waals surface area contributed by atoms with Crippen LogP contribution < -0.4 is 4.90 Å². The van der Waals surface area contributed by atoms with Crippen LogP contribution in [0.5, 0.6) is 0 Å². The highest BCUT2D eigenvalue weighted by Gasteiger charge is 2.41. The predicted octanol–water partition coefficient (Wildman–Crippen LogP) is 5.45. The molecule has 2 fully saturated rings. The minimum atomic E-state index is -0.591. The molecule has 1 aromatic heterocycles. The summed E-state index contributed by atoms with van der Waals surface area (Å²) >= 11 is 0. The molecule has 7 nitrogen and oxygen atoms in total. The minimum Gasteiger partial charge on any atom is -0.444 e. The number of anilines is 1. The van der Waals surface area contributed by atoms with Crippen LogP contribution in [0.3, 0.4) is 0 Å². The maximum atomic E-state index is 13.0. The van der Waals surface area contributed by atoms with E-state index in [1.165, 1.54) is 0 Å². The van der Waals surface area contributed by atoms with E-state index < -0.39 is 11.2 Å². The molecule has 1 aliphatic heterocycles. The first-order chi connectivity index (χ1) is 14.0. The zero-order valence-corrected chi connectivity index (χ0v) is 19.1. The molecule has 7 heteroatoms. The lowest BCUT2D eigenvalue weighted by Crippen LogP contribution is -2.43. The Hall–Kier alpha value is -2.31. The highest BCUT2D eigenvalue weighted by atomic mass is 16.6. The molecule has 1 unspecified atom stereocenters. The smallest absolute Gasteiger partial charge is 0.416 e. The van der Waals surface area contributed by atoms with E-state index in [-0.39, 0.29) is 24.3 Å². The Bertz CT molecular complexity index is 777. The van der Waals surface area contributed by atoms with Gasteiger partial charge in [0.15, 0.2) is 0 Å². The van der Waals surface area contributed by atoms with Crippen LogP contribution in [0.2, 0.25) is 0 Å². The molecule has 1 aliphatic carbocycles. The van der Waals surface area contributed by atoms with Gasteiger partial charge in [0.1, 0.15) is 17.0 Å². The average Bonchev–Trinajstić information content (AvgIpc) is 3.44. The molecule has 2 aliphatic rings. The molecule has 1 saturated heterocycles. The van der Waals surface area contributed by atoms with Crippen molar-refractivity contribution in [2.24, 2.45) is 0 Å². The number of piperidine rings is 1. The number of carbonyl (C=O) groups is 2. The Balaban J connectivity index is 1.94. The number of ether oxygens (including phenoxy) is 2. The largest absolute Gasteiger partial charge is 0.444 e. The lowest BCUT2D eigenvalue weighted by atomic mass is 9.95. The Morgan fingerprint density at radius 3 is 2.30 bits per heavy atom. The molecule has 3 rings (SSSR count). The molecule has 0 radical (unpaired) electrons. The molecule has 2 heterocycles. The third-order valence-corrected chi connectivity index (χ3v) is 5.04. The molecule has 2 amide bonds. The van der Waals surface area contributed by atoms with Gasteiger partial charge in [-0.3, -0.25) is 4.90 Å². The summed E-state index contributed by atoms with van der Waals surface area (Å²) in [5.74, 6) is 0.592. The SMILES string of the molecule is CC(C)(C)OC(=O)N1CCCCC1c1cccnc1N(C(=O)OC(C)(C)C)C1CC1. The fraction of sp³-hybridized carbons (Fsp3) is 0.696. The molecule has 0 spiro atoms. The Morgan fingerprint density at radius 1 is 1.03 bits per heavy atom. The van der Waals surface area contributed by atoms with Gasteiger partial charge in [-0.05, 0) is 79.7 Å². The van der Waals surface area contributed by atoms with Gasteiger partial charge in [0, 0.05) is 24.3 Å². The van der Waals surface area contributed by atoms with Gasteiger partial charge in [0.05, 0.1) is 6.04 Å². The van der Waals surface area contributed by atoms with E-state index in [1.54, 1.807) is 16.0 Å². The van der Waals surface area contributed by atoms with Crippen molar-refractivity contribution in [1.82, 2.24) is 9.88 Å². The van der Waals surface area contributed by atoms with Crippen LogP contribution in [0.15, 0.2) is 18.3 Å². The number of rotatable bonds is 3. The van der Waals surface area contributed by atoms with E-state index in [4.69, 9.17) is 9.47 Å². The van der Waals surface area contributed by atoms with Gasteiger partial charge in [0.25, 0.3) is 0 Å². The number of nitrogens with zero attached hydrogens (tertiary/aromatic N) is 3. The highest BCUT2D eigenvalue weighted by molar-refractivity contribution is 5.89. The zero-order valence-electron chi connectivity index (χ0n) is 19.1. The second kappa shape index (κ2) is 8.44. The van der Waals surface area contributed by atoms with Crippen LogP contribution in [0, 0.1) is 0 Å². The Labute approximate surface area is 179 Å². The van der Waals surface area contributed by atoms with E-state index in [9.17, 15) is 9.59 Å². The van der Waals surface area contributed by atoms with E-state index in [2.05, 4.69) is 4.98 Å². The summed E-state index contributed by atoms with van der Waals surface area (Å²) in [6, 6.07) is 3.74. The van der Waals surface area contributed by atoms with Crippen molar-refractivity contribution < 1.29 is 19.1 Å². The van der Waals surface area contributed by atoms with Gasteiger partial charge in [-0.1, -0.05) is 6.07 Å². The zero-order chi connectivity index (χ0) is 22.1. The number of pyridine rings is 1. The monoisotopic (exact) mass is 417 g/mol. The van der Waals surface area contributed by atoms with Crippen molar-refractivity contribution in [3.8, 4) is 0 Å². The summed E-state index contributed by atoms with van der Waals surface area (Å²) in [4.78, 5) is 34.0. The van der Waals surface area contributed by atoms with E-state index >= 15 is 0 Å². The van der Waals surface area contributed by atoms with E-state index in [0.717, 1.165) is 37.7 Å². The van der Waals surface area contributed by atoms with Crippen LogP contribution in [-0.4, -0.2) is 45.9 Å². The molecule has 30 heavy (non-hydrogen) atoms. The third-order valence-electron chi connectivity index (χ3n) is 5.04. The maximum absolute atomic E-state index is 13.0. The molecule has 1 saturated carbocycles. The van der Waals surface area contributed by atoms with Crippen LogP contribution >= 0.6 is 0 Å². The molecular weight excluding hydrogens is 382 g/mol. The lowest BCUT2D eigenvalue weighted by molar-refractivity contribution is 0.00955. The van der Waals surface area contributed by atoms with Gasteiger partial charge in [-0.2, -0.15) is 0 Å². The van der Waals surface area contributed by atoms with E-state index in [0.29, 0.717) is 12.4 Å². The standard InChI is InChI=1S/C23H35N3O4/c1-22(2,3)29-20(27)25-15-8-7-11-18(25)17-10-9-14-24-19(17)26(16-12-13-16)21(28)30-23(4,5)6/h9-10,14,16,18H,7-8,11-13,15H2,1-6H3. The minimum absolute atomic E-state index is 0.0899. The van der Waals surface area contributed by atoms with Crippen LogP contribution in [-0.2, 0) is 9.47 Å². The van der Waals surface area contributed by atoms with Crippen molar-refractivity contribution in [2.45, 2.75) is 96.9 Å². The molecule has 0 bridgehead atoms. The maximum Gasteiger partial charge on any atom is 0.416 e. The molecule has 1 aromatic rings. The number of hydrogen-bond acceptors (Lipinski definition) is 5.